The van der Waals surface area contributed by atoms with Crippen LogP contribution in [0, 0.1) is 6.92 Å². The van der Waals surface area contributed by atoms with Crippen LogP contribution >= 0.6 is 0 Å². The van der Waals surface area contributed by atoms with Crippen molar-refractivity contribution in [3.8, 4) is 5.69 Å². The molecule has 0 unspecified atom stereocenters. The molecule has 2 aromatic rings. The van der Waals surface area contributed by atoms with Crippen LogP contribution in [0.25, 0.3) is 5.69 Å². The molecule has 0 spiro atoms. The third-order valence-corrected chi connectivity index (χ3v) is 2.22. The zero-order valence-corrected chi connectivity index (χ0v) is 8.94. The van der Waals surface area contributed by atoms with E-state index in [2.05, 4.69) is 15.4 Å². The summed E-state index contributed by atoms with van der Waals surface area (Å²) in [5.41, 5.74) is 3.23. The van der Waals surface area contributed by atoms with Gasteiger partial charge in [-0.25, -0.2) is 4.68 Å². The molecule has 0 bridgehead atoms. The lowest BCUT2D eigenvalue weighted by Gasteiger charge is -2.09. The van der Waals surface area contributed by atoms with Crippen molar-refractivity contribution in [2.45, 2.75) is 13.5 Å². The maximum absolute atomic E-state index is 4.29. The lowest BCUT2D eigenvalue weighted by molar-refractivity contribution is 0.781. The van der Waals surface area contributed by atoms with E-state index < -0.39 is 0 Å². The van der Waals surface area contributed by atoms with Crippen molar-refractivity contribution >= 4 is 0 Å². The number of nitrogens with zero attached hydrogens (tertiary/aromatic N) is 3. The van der Waals surface area contributed by atoms with Gasteiger partial charge in [-0.05, 0) is 26.1 Å². The Morgan fingerprint density at radius 2 is 2.33 bits per heavy atom. The van der Waals surface area contributed by atoms with Crippen molar-refractivity contribution in [1.29, 1.82) is 0 Å². The van der Waals surface area contributed by atoms with Crippen LogP contribution in [0.1, 0.15) is 11.3 Å². The molecule has 4 heteroatoms. The van der Waals surface area contributed by atoms with E-state index in [9.17, 15) is 0 Å². The normalized spacial score (nSPS) is 10.5. The number of aryl methyl sites for hydroxylation is 1. The third kappa shape index (κ3) is 2.05. The van der Waals surface area contributed by atoms with Crippen molar-refractivity contribution in [2.75, 3.05) is 7.05 Å². The first kappa shape index (κ1) is 9.86. The average Bonchev–Trinajstić information content (AvgIpc) is 2.74. The van der Waals surface area contributed by atoms with Gasteiger partial charge in [0.05, 0.1) is 5.69 Å². The molecule has 2 heterocycles. The van der Waals surface area contributed by atoms with Crippen LogP contribution in [-0.4, -0.2) is 21.8 Å². The predicted molar refractivity (Wildman–Crippen MR) is 58.9 cm³/mol. The Kier molecular flexibility index (Phi) is 2.78. The van der Waals surface area contributed by atoms with Crippen LogP contribution in [0.5, 0.6) is 0 Å². The molecule has 0 atom stereocenters. The van der Waals surface area contributed by atoms with Gasteiger partial charge in [0, 0.05) is 36.4 Å². The van der Waals surface area contributed by atoms with Gasteiger partial charge in [0.1, 0.15) is 0 Å². The summed E-state index contributed by atoms with van der Waals surface area (Å²) in [6.07, 6.45) is 5.61. The second-order valence-electron chi connectivity index (χ2n) is 3.44. The fourth-order valence-corrected chi connectivity index (χ4v) is 1.52. The van der Waals surface area contributed by atoms with Gasteiger partial charge in [-0.2, -0.15) is 5.10 Å². The fourth-order valence-electron chi connectivity index (χ4n) is 1.52. The van der Waals surface area contributed by atoms with E-state index in [1.54, 1.807) is 6.20 Å². The molecule has 4 nitrogen and oxygen atoms in total. The van der Waals surface area contributed by atoms with Crippen LogP contribution in [0.2, 0.25) is 0 Å². The molecule has 2 rings (SSSR count). The van der Waals surface area contributed by atoms with Gasteiger partial charge in [-0.1, -0.05) is 0 Å². The van der Waals surface area contributed by atoms with E-state index in [0.717, 1.165) is 23.5 Å². The molecule has 0 radical (unpaired) electrons. The highest BCUT2D eigenvalue weighted by Gasteiger charge is 2.04. The van der Waals surface area contributed by atoms with Crippen LogP contribution in [0.4, 0.5) is 0 Å². The molecule has 0 fully saturated rings. The van der Waals surface area contributed by atoms with E-state index in [1.807, 2.05) is 43.2 Å². The Labute approximate surface area is 89.0 Å². The van der Waals surface area contributed by atoms with E-state index in [0.29, 0.717) is 0 Å². The highest BCUT2D eigenvalue weighted by atomic mass is 15.3. The van der Waals surface area contributed by atoms with Crippen molar-refractivity contribution in [2.24, 2.45) is 0 Å². The molecule has 0 saturated heterocycles. The summed E-state index contributed by atoms with van der Waals surface area (Å²) in [7, 11) is 1.92. The molecule has 15 heavy (non-hydrogen) atoms. The maximum Gasteiger partial charge on any atom is 0.0723 e. The Balaban J connectivity index is 2.47. The van der Waals surface area contributed by atoms with Gasteiger partial charge < -0.3 is 5.32 Å². The standard InChI is InChI=1S/C11H14N4/c1-9-6-11(15-5-3-4-14-15)10(7-12-2)8-13-9/h3-6,8,12H,7H2,1-2H3. The summed E-state index contributed by atoms with van der Waals surface area (Å²) in [5.74, 6) is 0. The molecule has 78 valence electrons. The van der Waals surface area contributed by atoms with Crippen LogP contribution < -0.4 is 5.32 Å². The highest BCUT2D eigenvalue weighted by Crippen LogP contribution is 2.13. The number of hydrogen-bond acceptors (Lipinski definition) is 3. The summed E-state index contributed by atoms with van der Waals surface area (Å²) in [6.45, 7) is 2.78. The second kappa shape index (κ2) is 4.23. The van der Waals surface area contributed by atoms with Gasteiger partial charge in [0.25, 0.3) is 0 Å². The molecule has 2 aromatic heterocycles. The van der Waals surface area contributed by atoms with Gasteiger partial charge in [0.2, 0.25) is 0 Å². The average molecular weight is 202 g/mol. The van der Waals surface area contributed by atoms with E-state index >= 15 is 0 Å². The minimum absolute atomic E-state index is 0.794. The molecular formula is C11H14N4. The molecule has 0 aromatic carbocycles. The number of nitrogens with one attached hydrogen (secondary N) is 1. The van der Waals surface area contributed by atoms with Crippen molar-refractivity contribution < 1.29 is 0 Å². The van der Waals surface area contributed by atoms with Crippen molar-refractivity contribution in [3.05, 3.63) is 42.0 Å². The van der Waals surface area contributed by atoms with Crippen LogP contribution in [-0.2, 0) is 6.54 Å². The van der Waals surface area contributed by atoms with Gasteiger partial charge in [-0.15, -0.1) is 0 Å². The quantitative estimate of drug-likeness (QED) is 0.815. The Morgan fingerprint density at radius 3 is 3.00 bits per heavy atom. The molecule has 1 N–H and O–H groups in total. The van der Waals surface area contributed by atoms with Crippen LogP contribution in [0.3, 0.4) is 0 Å². The SMILES string of the molecule is CNCc1cnc(C)cc1-n1cccn1. The molecule has 0 aliphatic rings. The monoisotopic (exact) mass is 202 g/mol. The first-order valence-corrected chi connectivity index (χ1v) is 4.91. The topological polar surface area (TPSA) is 42.7 Å². The Morgan fingerprint density at radius 1 is 1.47 bits per heavy atom. The Bertz CT molecular complexity index is 434. The van der Waals surface area contributed by atoms with E-state index in [-0.39, 0.29) is 0 Å². The maximum atomic E-state index is 4.29. The van der Waals surface area contributed by atoms with E-state index in [1.165, 1.54) is 0 Å². The number of hydrogen-bond donors (Lipinski definition) is 1. The lowest BCUT2D eigenvalue weighted by atomic mass is 10.2. The van der Waals surface area contributed by atoms with Crippen molar-refractivity contribution in [3.63, 3.8) is 0 Å². The first-order chi connectivity index (χ1) is 7.31. The van der Waals surface area contributed by atoms with E-state index in [4.69, 9.17) is 0 Å². The predicted octanol–water partition coefficient (Wildman–Crippen LogP) is 1.30. The molecule has 0 amide bonds. The second-order valence-corrected chi connectivity index (χ2v) is 3.44. The summed E-state index contributed by atoms with van der Waals surface area (Å²) < 4.78 is 1.86. The first-order valence-electron chi connectivity index (χ1n) is 4.91. The highest BCUT2D eigenvalue weighted by molar-refractivity contribution is 5.39. The smallest absolute Gasteiger partial charge is 0.0723 e. The lowest BCUT2D eigenvalue weighted by Crippen LogP contribution is -2.10. The third-order valence-electron chi connectivity index (χ3n) is 2.22. The Hall–Kier alpha value is -1.68. The number of aromatic nitrogens is 3. The molecular weight excluding hydrogens is 188 g/mol. The zero-order chi connectivity index (χ0) is 10.7. The van der Waals surface area contributed by atoms with Crippen molar-refractivity contribution in [1.82, 2.24) is 20.1 Å². The van der Waals surface area contributed by atoms with Crippen LogP contribution in [0.15, 0.2) is 30.7 Å². The zero-order valence-electron chi connectivity index (χ0n) is 8.94. The summed E-state index contributed by atoms with van der Waals surface area (Å²) in [6, 6.07) is 3.96. The molecule has 0 saturated carbocycles. The van der Waals surface area contributed by atoms with Gasteiger partial charge in [-0.3, -0.25) is 4.98 Å². The van der Waals surface area contributed by atoms with Gasteiger partial charge >= 0.3 is 0 Å². The molecule has 0 aliphatic carbocycles. The largest absolute Gasteiger partial charge is 0.316 e. The van der Waals surface area contributed by atoms with Gasteiger partial charge in [0.15, 0.2) is 0 Å². The number of pyridine rings is 1. The minimum atomic E-state index is 0.794. The number of rotatable bonds is 3. The molecule has 0 aliphatic heterocycles. The summed E-state index contributed by atoms with van der Waals surface area (Å²) in [4.78, 5) is 4.29. The minimum Gasteiger partial charge on any atom is -0.316 e. The summed E-state index contributed by atoms with van der Waals surface area (Å²) >= 11 is 0. The summed E-state index contributed by atoms with van der Waals surface area (Å²) in [5, 5.41) is 7.36. The fraction of sp³-hybridized carbons (Fsp3) is 0.273.